The van der Waals surface area contributed by atoms with Gasteiger partial charge in [-0.3, -0.25) is 4.79 Å². The number of carbonyl (C=O) groups is 1. The van der Waals surface area contributed by atoms with Crippen molar-refractivity contribution < 1.29 is 4.79 Å². The molecule has 0 atom stereocenters. The molecule has 1 aliphatic heterocycles. The normalized spacial score (nSPS) is 13.1. The zero-order valence-corrected chi connectivity index (χ0v) is 9.23. The second kappa shape index (κ2) is 3.34. The van der Waals surface area contributed by atoms with E-state index in [1.54, 1.807) is 0 Å². The van der Waals surface area contributed by atoms with Gasteiger partial charge in [0.1, 0.15) is 0 Å². The highest BCUT2D eigenvalue weighted by Gasteiger charge is 2.20. The molecule has 0 unspecified atom stereocenters. The average Bonchev–Trinajstić information content (AvgIpc) is 2.66. The lowest BCUT2D eigenvalue weighted by molar-refractivity contribution is 0.112. The average molecular weight is 211 g/mol. The maximum atomic E-state index is 11.1. The van der Waals surface area contributed by atoms with E-state index in [9.17, 15) is 4.79 Å². The van der Waals surface area contributed by atoms with Crippen molar-refractivity contribution in [3.8, 4) is 11.3 Å². The summed E-state index contributed by atoms with van der Waals surface area (Å²) in [5.74, 6) is 0. The zero-order valence-electron chi connectivity index (χ0n) is 9.23. The van der Waals surface area contributed by atoms with Crippen LogP contribution in [0.1, 0.15) is 21.6 Å². The summed E-state index contributed by atoms with van der Waals surface area (Å²) in [7, 11) is 0. The molecule has 0 amide bonds. The van der Waals surface area contributed by atoms with Gasteiger partial charge >= 0.3 is 0 Å². The molecule has 2 heteroatoms. The number of hydrogen-bond acceptors (Lipinski definition) is 1. The van der Waals surface area contributed by atoms with Crippen molar-refractivity contribution in [2.75, 3.05) is 0 Å². The minimum atomic E-state index is 0.810. The Labute approximate surface area is 94.5 Å². The number of aromatic nitrogens is 1. The smallest absolute Gasteiger partial charge is 0.152 e. The fourth-order valence-corrected chi connectivity index (χ4v) is 2.58. The highest BCUT2D eigenvalue weighted by molar-refractivity contribution is 5.88. The Morgan fingerprint density at radius 3 is 2.94 bits per heavy atom. The molecule has 80 valence electrons. The van der Waals surface area contributed by atoms with Gasteiger partial charge in [0.15, 0.2) is 6.29 Å². The van der Waals surface area contributed by atoms with E-state index < -0.39 is 0 Å². The molecule has 1 aromatic heterocycles. The third-order valence-corrected chi connectivity index (χ3v) is 3.34. The third kappa shape index (κ3) is 1.16. The van der Waals surface area contributed by atoms with Gasteiger partial charge in [-0.1, -0.05) is 24.3 Å². The standard InChI is InChI=1S/C14H13NO/c1-10-8-12(9-16)14-13-5-3-2-4-11(13)6-7-15(10)14/h2-5,8-9H,6-7H2,1H3. The van der Waals surface area contributed by atoms with E-state index in [-0.39, 0.29) is 0 Å². The predicted octanol–water partition coefficient (Wildman–Crippen LogP) is 2.83. The largest absolute Gasteiger partial charge is 0.344 e. The van der Waals surface area contributed by atoms with Gasteiger partial charge in [-0.15, -0.1) is 0 Å². The van der Waals surface area contributed by atoms with E-state index in [4.69, 9.17) is 0 Å². The monoisotopic (exact) mass is 211 g/mol. The molecule has 0 aliphatic carbocycles. The Bertz CT molecular complexity index is 566. The van der Waals surface area contributed by atoms with Crippen LogP contribution >= 0.6 is 0 Å². The molecule has 2 nitrogen and oxygen atoms in total. The Kier molecular flexibility index (Phi) is 1.96. The molecule has 2 aromatic rings. The van der Waals surface area contributed by atoms with Crippen molar-refractivity contribution >= 4 is 6.29 Å². The van der Waals surface area contributed by atoms with Crippen molar-refractivity contribution in [2.45, 2.75) is 19.9 Å². The summed E-state index contributed by atoms with van der Waals surface area (Å²) in [4.78, 5) is 11.1. The van der Waals surface area contributed by atoms with E-state index >= 15 is 0 Å². The van der Waals surface area contributed by atoms with E-state index in [1.807, 2.05) is 12.1 Å². The number of hydrogen-bond donors (Lipinski definition) is 0. The van der Waals surface area contributed by atoms with Crippen LogP contribution in [0.4, 0.5) is 0 Å². The van der Waals surface area contributed by atoms with Crippen LogP contribution in [0, 0.1) is 6.92 Å². The van der Waals surface area contributed by atoms with Crippen LogP contribution in [0.3, 0.4) is 0 Å². The Morgan fingerprint density at radius 1 is 1.31 bits per heavy atom. The maximum absolute atomic E-state index is 11.1. The van der Waals surface area contributed by atoms with E-state index in [2.05, 4.69) is 29.7 Å². The van der Waals surface area contributed by atoms with E-state index in [1.165, 1.54) is 16.8 Å². The lowest BCUT2D eigenvalue weighted by atomic mass is 9.97. The summed E-state index contributed by atoms with van der Waals surface area (Å²) in [6.07, 6.45) is 2.01. The summed E-state index contributed by atoms with van der Waals surface area (Å²) in [5.41, 5.74) is 5.63. The number of aryl methyl sites for hydroxylation is 2. The van der Waals surface area contributed by atoms with Gasteiger partial charge in [-0.05, 0) is 25.0 Å². The lowest BCUT2D eigenvalue weighted by Gasteiger charge is -2.21. The second-order valence-electron chi connectivity index (χ2n) is 4.27. The number of aldehydes is 1. The first kappa shape index (κ1) is 9.40. The molecule has 0 saturated carbocycles. The van der Waals surface area contributed by atoms with Gasteiger partial charge in [0.05, 0.1) is 5.69 Å². The molecule has 3 rings (SSSR count). The first-order valence-corrected chi connectivity index (χ1v) is 5.55. The molecule has 0 spiro atoms. The van der Waals surface area contributed by atoms with Gasteiger partial charge < -0.3 is 4.57 Å². The molecule has 0 N–H and O–H groups in total. The van der Waals surface area contributed by atoms with Crippen LogP contribution in [-0.2, 0) is 13.0 Å². The first-order chi connectivity index (χ1) is 7.81. The molecule has 0 fully saturated rings. The molecule has 0 saturated heterocycles. The van der Waals surface area contributed by atoms with Gasteiger partial charge in [0.25, 0.3) is 0 Å². The molecule has 1 aromatic carbocycles. The Morgan fingerprint density at radius 2 is 2.12 bits per heavy atom. The molecule has 2 heterocycles. The molecule has 1 aliphatic rings. The van der Waals surface area contributed by atoms with Crippen molar-refractivity contribution in [1.29, 1.82) is 0 Å². The van der Waals surface area contributed by atoms with Crippen LogP contribution in [0.15, 0.2) is 30.3 Å². The predicted molar refractivity (Wildman–Crippen MR) is 63.7 cm³/mol. The summed E-state index contributed by atoms with van der Waals surface area (Å²) < 4.78 is 2.24. The fraction of sp³-hybridized carbons (Fsp3) is 0.214. The Hall–Kier alpha value is -1.83. The highest BCUT2D eigenvalue weighted by atomic mass is 16.1. The lowest BCUT2D eigenvalue weighted by Crippen LogP contribution is -2.12. The van der Waals surface area contributed by atoms with Crippen molar-refractivity contribution in [1.82, 2.24) is 4.57 Å². The zero-order chi connectivity index (χ0) is 11.1. The topological polar surface area (TPSA) is 22.0 Å². The van der Waals surface area contributed by atoms with Crippen molar-refractivity contribution in [2.24, 2.45) is 0 Å². The first-order valence-electron chi connectivity index (χ1n) is 5.55. The van der Waals surface area contributed by atoms with Crippen LogP contribution in [0.5, 0.6) is 0 Å². The van der Waals surface area contributed by atoms with Gasteiger partial charge in [0, 0.05) is 23.4 Å². The molecule has 0 bridgehead atoms. The number of benzene rings is 1. The number of carbonyl (C=O) groups excluding carboxylic acids is 1. The second-order valence-corrected chi connectivity index (χ2v) is 4.27. The Balaban J connectivity index is 2.34. The quantitative estimate of drug-likeness (QED) is 0.665. The fourth-order valence-electron chi connectivity index (χ4n) is 2.58. The summed E-state index contributed by atoms with van der Waals surface area (Å²) >= 11 is 0. The van der Waals surface area contributed by atoms with Crippen LogP contribution in [-0.4, -0.2) is 10.9 Å². The summed E-state index contributed by atoms with van der Waals surface area (Å²) in [5, 5.41) is 0. The molecular formula is C14H13NO. The molecule has 16 heavy (non-hydrogen) atoms. The highest BCUT2D eigenvalue weighted by Crippen LogP contribution is 2.33. The SMILES string of the molecule is Cc1cc(C=O)c2n1CCc1ccccc1-2. The molecule has 0 radical (unpaired) electrons. The van der Waals surface area contributed by atoms with Crippen LogP contribution in [0.2, 0.25) is 0 Å². The number of rotatable bonds is 1. The van der Waals surface area contributed by atoms with E-state index in [0.717, 1.165) is 30.5 Å². The third-order valence-electron chi connectivity index (χ3n) is 3.34. The van der Waals surface area contributed by atoms with E-state index in [0.29, 0.717) is 0 Å². The summed E-state index contributed by atoms with van der Waals surface area (Å²) in [6.45, 7) is 3.04. The van der Waals surface area contributed by atoms with Gasteiger partial charge in [-0.2, -0.15) is 0 Å². The van der Waals surface area contributed by atoms with Crippen molar-refractivity contribution in [3.05, 3.63) is 47.2 Å². The number of fused-ring (bicyclic) bond motifs is 3. The van der Waals surface area contributed by atoms with Crippen molar-refractivity contribution in [3.63, 3.8) is 0 Å². The minimum absolute atomic E-state index is 0.810. The van der Waals surface area contributed by atoms with Gasteiger partial charge in [0.2, 0.25) is 0 Å². The van der Waals surface area contributed by atoms with Crippen LogP contribution < -0.4 is 0 Å². The van der Waals surface area contributed by atoms with Crippen LogP contribution in [0.25, 0.3) is 11.3 Å². The van der Waals surface area contributed by atoms with Gasteiger partial charge in [-0.25, -0.2) is 0 Å². The summed E-state index contributed by atoms with van der Waals surface area (Å²) in [6, 6.07) is 10.3. The minimum Gasteiger partial charge on any atom is -0.344 e. The number of nitrogens with zero attached hydrogens (tertiary/aromatic N) is 1. The maximum Gasteiger partial charge on any atom is 0.152 e. The molecular weight excluding hydrogens is 198 g/mol.